The zero-order valence-electron chi connectivity index (χ0n) is 13.4. The minimum atomic E-state index is -0.948. The summed E-state index contributed by atoms with van der Waals surface area (Å²) >= 11 is 0. The Balaban J connectivity index is 4.25. The smallest absolute Gasteiger partial charge is 0.288 e. The standard InChI is InChI=1S/C16H32O3/c1-6-8-9-10-11-12-14-15(13-7-2)16(17-3,18-4)19-5/h7,13,15H,6,8-12,14H2,1-5H3. The molecular weight excluding hydrogens is 240 g/mol. The molecule has 0 amide bonds. The lowest BCUT2D eigenvalue weighted by Crippen LogP contribution is -2.43. The summed E-state index contributed by atoms with van der Waals surface area (Å²) in [5, 5.41) is 0. The molecule has 0 aromatic carbocycles. The molecule has 19 heavy (non-hydrogen) atoms. The van der Waals surface area contributed by atoms with Gasteiger partial charge in [-0.25, -0.2) is 0 Å². The Morgan fingerprint density at radius 2 is 1.42 bits per heavy atom. The van der Waals surface area contributed by atoms with Crippen LogP contribution in [0, 0.1) is 5.92 Å². The molecule has 0 N–H and O–H groups in total. The lowest BCUT2D eigenvalue weighted by Gasteiger charge is -2.34. The van der Waals surface area contributed by atoms with Crippen molar-refractivity contribution >= 4 is 0 Å². The van der Waals surface area contributed by atoms with Gasteiger partial charge in [0.05, 0.1) is 5.92 Å². The molecule has 0 saturated heterocycles. The molecule has 0 spiro atoms. The maximum atomic E-state index is 5.45. The van der Waals surface area contributed by atoms with Crippen molar-refractivity contribution in [3.05, 3.63) is 12.2 Å². The van der Waals surface area contributed by atoms with E-state index in [4.69, 9.17) is 14.2 Å². The summed E-state index contributed by atoms with van der Waals surface area (Å²) in [6, 6.07) is 0. The van der Waals surface area contributed by atoms with Crippen LogP contribution in [0.5, 0.6) is 0 Å². The maximum absolute atomic E-state index is 5.45. The number of unbranched alkanes of at least 4 members (excludes halogenated alkanes) is 5. The van der Waals surface area contributed by atoms with Gasteiger partial charge in [0.2, 0.25) is 0 Å². The first-order chi connectivity index (χ1) is 9.20. The molecule has 0 aliphatic carbocycles. The summed E-state index contributed by atoms with van der Waals surface area (Å²) in [6.45, 7) is 4.26. The van der Waals surface area contributed by atoms with E-state index in [1.54, 1.807) is 21.3 Å². The van der Waals surface area contributed by atoms with Crippen molar-refractivity contribution in [2.45, 2.75) is 64.8 Å². The third-order valence-corrected chi connectivity index (χ3v) is 3.60. The first-order valence-corrected chi connectivity index (χ1v) is 7.49. The largest absolute Gasteiger partial charge is 0.330 e. The van der Waals surface area contributed by atoms with Crippen molar-refractivity contribution in [2.75, 3.05) is 21.3 Å². The van der Waals surface area contributed by atoms with Crippen molar-refractivity contribution < 1.29 is 14.2 Å². The second-order valence-electron chi connectivity index (χ2n) is 4.90. The van der Waals surface area contributed by atoms with Crippen LogP contribution in [-0.4, -0.2) is 27.3 Å². The van der Waals surface area contributed by atoms with E-state index in [0.717, 1.165) is 6.42 Å². The van der Waals surface area contributed by atoms with Gasteiger partial charge in [0.25, 0.3) is 5.97 Å². The van der Waals surface area contributed by atoms with Gasteiger partial charge in [-0.1, -0.05) is 57.6 Å². The van der Waals surface area contributed by atoms with Crippen molar-refractivity contribution in [3.63, 3.8) is 0 Å². The average Bonchev–Trinajstić information content (AvgIpc) is 2.45. The Morgan fingerprint density at radius 3 is 1.89 bits per heavy atom. The van der Waals surface area contributed by atoms with Crippen LogP contribution in [0.2, 0.25) is 0 Å². The van der Waals surface area contributed by atoms with Crippen LogP contribution in [0.15, 0.2) is 12.2 Å². The number of hydrogen-bond donors (Lipinski definition) is 0. The number of rotatable bonds is 12. The van der Waals surface area contributed by atoms with E-state index >= 15 is 0 Å². The molecule has 1 unspecified atom stereocenters. The zero-order chi connectivity index (χ0) is 14.6. The van der Waals surface area contributed by atoms with Gasteiger partial charge in [0, 0.05) is 21.3 Å². The van der Waals surface area contributed by atoms with Gasteiger partial charge in [-0.15, -0.1) is 0 Å². The summed E-state index contributed by atoms with van der Waals surface area (Å²) in [4.78, 5) is 0. The lowest BCUT2D eigenvalue weighted by atomic mass is 9.97. The van der Waals surface area contributed by atoms with Gasteiger partial charge < -0.3 is 14.2 Å². The summed E-state index contributed by atoms with van der Waals surface area (Å²) in [5.41, 5.74) is 0. The van der Waals surface area contributed by atoms with Gasteiger partial charge in [-0.05, 0) is 13.3 Å². The first kappa shape index (κ1) is 18.6. The van der Waals surface area contributed by atoms with Crippen LogP contribution in [0.3, 0.4) is 0 Å². The molecule has 0 heterocycles. The molecule has 0 fully saturated rings. The molecule has 0 rings (SSSR count). The van der Waals surface area contributed by atoms with Gasteiger partial charge in [0.15, 0.2) is 0 Å². The van der Waals surface area contributed by atoms with E-state index in [9.17, 15) is 0 Å². The first-order valence-electron chi connectivity index (χ1n) is 7.49. The fourth-order valence-corrected chi connectivity index (χ4v) is 2.47. The molecule has 0 aliphatic rings. The molecule has 114 valence electrons. The number of allylic oxidation sites excluding steroid dienone is 1. The van der Waals surface area contributed by atoms with Crippen LogP contribution in [0.25, 0.3) is 0 Å². The summed E-state index contributed by atoms with van der Waals surface area (Å²) in [7, 11) is 4.89. The third kappa shape index (κ3) is 6.55. The molecule has 3 heteroatoms. The Morgan fingerprint density at radius 1 is 0.895 bits per heavy atom. The van der Waals surface area contributed by atoms with Gasteiger partial charge in [-0.2, -0.15) is 0 Å². The van der Waals surface area contributed by atoms with Crippen molar-refractivity contribution in [1.29, 1.82) is 0 Å². The molecule has 1 atom stereocenters. The topological polar surface area (TPSA) is 27.7 Å². The second kappa shape index (κ2) is 11.4. The number of ether oxygens (including phenoxy) is 3. The Hall–Kier alpha value is -0.380. The van der Waals surface area contributed by atoms with Crippen molar-refractivity contribution in [2.24, 2.45) is 5.92 Å². The second-order valence-corrected chi connectivity index (χ2v) is 4.90. The minimum Gasteiger partial charge on any atom is -0.330 e. The highest BCUT2D eigenvalue weighted by molar-refractivity contribution is 4.91. The molecule has 0 radical (unpaired) electrons. The molecule has 0 saturated carbocycles. The fourth-order valence-electron chi connectivity index (χ4n) is 2.47. The highest BCUT2D eigenvalue weighted by atomic mass is 16.9. The fraction of sp³-hybridized carbons (Fsp3) is 0.875. The van der Waals surface area contributed by atoms with E-state index in [1.165, 1.54) is 38.5 Å². The normalized spacial score (nSPS) is 14.2. The molecule has 0 aromatic heterocycles. The number of hydrogen-bond acceptors (Lipinski definition) is 3. The van der Waals surface area contributed by atoms with E-state index in [1.807, 2.05) is 13.0 Å². The summed E-state index contributed by atoms with van der Waals surface area (Å²) in [5.74, 6) is -0.820. The molecule has 0 bridgehead atoms. The van der Waals surface area contributed by atoms with Crippen LogP contribution in [0.1, 0.15) is 58.8 Å². The Labute approximate surface area is 119 Å². The average molecular weight is 272 g/mol. The Bertz CT molecular complexity index is 214. The third-order valence-electron chi connectivity index (χ3n) is 3.60. The minimum absolute atomic E-state index is 0.128. The van der Waals surface area contributed by atoms with E-state index in [2.05, 4.69) is 13.0 Å². The van der Waals surface area contributed by atoms with Crippen LogP contribution < -0.4 is 0 Å². The monoisotopic (exact) mass is 272 g/mol. The van der Waals surface area contributed by atoms with Gasteiger partial charge >= 0.3 is 0 Å². The predicted octanol–water partition coefficient (Wildman–Crippen LogP) is 4.52. The lowest BCUT2D eigenvalue weighted by molar-refractivity contribution is -0.372. The van der Waals surface area contributed by atoms with Crippen LogP contribution in [0.4, 0.5) is 0 Å². The summed E-state index contributed by atoms with van der Waals surface area (Å²) < 4.78 is 16.4. The Kier molecular flexibility index (Phi) is 11.2. The maximum Gasteiger partial charge on any atom is 0.288 e. The number of methoxy groups -OCH3 is 3. The quantitative estimate of drug-likeness (QED) is 0.297. The predicted molar refractivity (Wildman–Crippen MR) is 80.1 cm³/mol. The molecule has 0 aliphatic heterocycles. The highest BCUT2D eigenvalue weighted by Gasteiger charge is 2.37. The molecule has 3 nitrogen and oxygen atoms in total. The van der Waals surface area contributed by atoms with E-state index in [0.29, 0.717) is 0 Å². The molecule has 0 aromatic rings. The van der Waals surface area contributed by atoms with E-state index < -0.39 is 5.97 Å². The van der Waals surface area contributed by atoms with E-state index in [-0.39, 0.29) is 5.92 Å². The highest BCUT2D eigenvalue weighted by Crippen LogP contribution is 2.29. The van der Waals surface area contributed by atoms with Crippen molar-refractivity contribution in [3.8, 4) is 0 Å². The van der Waals surface area contributed by atoms with Crippen molar-refractivity contribution in [1.82, 2.24) is 0 Å². The SMILES string of the molecule is CC=CC(CCCCCCCC)C(OC)(OC)OC. The van der Waals surface area contributed by atoms with Crippen LogP contribution >= 0.6 is 0 Å². The zero-order valence-corrected chi connectivity index (χ0v) is 13.4. The van der Waals surface area contributed by atoms with Gasteiger partial charge in [-0.3, -0.25) is 0 Å². The summed E-state index contributed by atoms with van der Waals surface area (Å²) in [6.07, 6.45) is 12.9. The van der Waals surface area contributed by atoms with Gasteiger partial charge in [0.1, 0.15) is 0 Å². The molecular formula is C16H32O3. The van der Waals surface area contributed by atoms with Crippen LogP contribution in [-0.2, 0) is 14.2 Å².